The first-order chi connectivity index (χ1) is 9.54. The first-order valence-corrected chi connectivity index (χ1v) is 8.18. The molecule has 1 nitrogen and oxygen atoms in total. The molecule has 0 aliphatic carbocycles. The first kappa shape index (κ1) is 15.5. The lowest BCUT2D eigenvalue weighted by molar-refractivity contribution is 0.622. The molecule has 2 heteroatoms. The Labute approximate surface area is 135 Å². The van der Waals surface area contributed by atoms with E-state index in [0.29, 0.717) is 0 Å². The van der Waals surface area contributed by atoms with Crippen molar-refractivity contribution in [2.24, 2.45) is 0 Å². The fourth-order valence-corrected chi connectivity index (χ4v) is 3.63. The summed E-state index contributed by atoms with van der Waals surface area (Å²) in [5, 5.41) is 3.65. The van der Waals surface area contributed by atoms with E-state index in [4.69, 9.17) is 0 Å². The van der Waals surface area contributed by atoms with Gasteiger partial charge < -0.3 is 5.32 Å². The molecule has 0 aliphatic rings. The van der Waals surface area contributed by atoms with Crippen molar-refractivity contribution >= 4 is 22.6 Å². The molecule has 0 saturated heterocycles. The number of nitrogens with one attached hydrogen (secondary N) is 1. The normalized spacial score (nSPS) is 12.4. The van der Waals surface area contributed by atoms with Crippen molar-refractivity contribution in [3.05, 3.63) is 67.8 Å². The number of hydrogen-bond acceptors (Lipinski definition) is 1. The van der Waals surface area contributed by atoms with Crippen molar-refractivity contribution in [2.75, 3.05) is 6.54 Å². The van der Waals surface area contributed by atoms with E-state index in [1.807, 2.05) is 0 Å². The Kier molecular flexibility index (Phi) is 5.22. The smallest absolute Gasteiger partial charge is 0.0592 e. The Morgan fingerprint density at radius 3 is 2.20 bits per heavy atom. The Morgan fingerprint density at radius 2 is 1.65 bits per heavy atom. The SMILES string of the molecule is CCNC(c1ccccc1I)c1c(C)cc(C)cc1C. The van der Waals surface area contributed by atoms with Gasteiger partial charge in [-0.2, -0.15) is 0 Å². The van der Waals surface area contributed by atoms with Crippen LogP contribution in [0.5, 0.6) is 0 Å². The highest BCUT2D eigenvalue weighted by Gasteiger charge is 2.19. The van der Waals surface area contributed by atoms with E-state index in [0.717, 1.165) is 6.54 Å². The van der Waals surface area contributed by atoms with E-state index in [2.05, 4.69) is 92.0 Å². The first-order valence-electron chi connectivity index (χ1n) is 7.10. The van der Waals surface area contributed by atoms with Gasteiger partial charge in [-0.25, -0.2) is 0 Å². The maximum Gasteiger partial charge on any atom is 0.0592 e. The maximum absolute atomic E-state index is 3.65. The van der Waals surface area contributed by atoms with Crippen molar-refractivity contribution in [3.8, 4) is 0 Å². The van der Waals surface area contributed by atoms with Gasteiger partial charge in [-0.05, 0) is 78.2 Å². The van der Waals surface area contributed by atoms with Gasteiger partial charge >= 0.3 is 0 Å². The molecule has 2 rings (SSSR count). The minimum atomic E-state index is 0.272. The molecule has 0 amide bonds. The van der Waals surface area contributed by atoms with Crippen molar-refractivity contribution in [1.82, 2.24) is 5.32 Å². The second-order valence-corrected chi connectivity index (χ2v) is 6.49. The predicted octanol–water partition coefficient (Wildman–Crippen LogP) is 4.92. The summed E-state index contributed by atoms with van der Waals surface area (Å²) in [7, 11) is 0. The lowest BCUT2D eigenvalue weighted by Gasteiger charge is -2.24. The molecule has 0 spiro atoms. The van der Waals surface area contributed by atoms with E-state index in [1.54, 1.807) is 0 Å². The van der Waals surface area contributed by atoms with Crippen LogP contribution in [-0.4, -0.2) is 6.54 Å². The van der Waals surface area contributed by atoms with E-state index in [1.165, 1.54) is 31.4 Å². The number of hydrogen-bond donors (Lipinski definition) is 1. The maximum atomic E-state index is 3.65. The highest BCUT2D eigenvalue weighted by molar-refractivity contribution is 14.1. The molecule has 0 heterocycles. The van der Waals surface area contributed by atoms with Gasteiger partial charge in [0.15, 0.2) is 0 Å². The lowest BCUT2D eigenvalue weighted by atomic mass is 9.90. The van der Waals surface area contributed by atoms with Crippen LogP contribution in [0.15, 0.2) is 36.4 Å². The minimum absolute atomic E-state index is 0.272. The van der Waals surface area contributed by atoms with Gasteiger partial charge in [-0.15, -0.1) is 0 Å². The van der Waals surface area contributed by atoms with E-state index >= 15 is 0 Å². The van der Waals surface area contributed by atoms with Crippen LogP contribution in [0.1, 0.15) is 40.8 Å². The molecule has 0 aromatic heterocycles. The third-order valence-electron chi connectivity index (χ3n) is 3.65. The highest BCUT2D eigenvalue weighted by Crippen LogP contribution is 2.31. The van der Waals surface area contributed by atoms with Crippen LogP contribution in [0.2, 0.25) is 0 Å². The molecule has 0 bridgehead atoms. The van der Waals surface area contributed by atoms with Crippen molar-refractivity contribution < 1.29 is 0 Å². The van der Waals surface area contributed by atoms with Crippen LogP contribution in [0.3, 0.4) is 0 Å². The molecule has 0 radical (unpaired) electrons. The van der Waals surface area contributed by atoms with Gasteiger partial charge in [0.25, 0.3) is 0 Å². The molecule has 2 aromatic rings. The summed E-state index contributed by atoms with van der Waals surface area (Å²) in [4.78, 5) is 0. The Hall–Kier alpha value is -0.870. The monoisotopic (exact) mass is 379 g/mol. The average molecular weight is 379 g/mol. The van der Waals surface area contributed by atoms with Gasteiger partial charge in [0.05, 0.1) is 6.04 Å². The molecule has 0 fully saturated rings. The standard InChI is InChI=1S/C18H22IN/c1-5-20-18(15-8-6-7-9-16(15)19)17-13(3)10-12(2)11-14(17)4/h6-11,18,20H,5H2,1-4H3. The Morgan fingerprint density at radius 1 is 1.05 bits per heavy atom. The number of halogens is 1. The topological polar surface area (TPSA) is 12.0 Å². The van der Waals surface area contributed by atoms with E-state index < -0.39 is 0 Å². The fourth-order valence-electron chi connectivity index (χ4n) is 2.93. The molecule has 1 atom stereocenters. The summed E-state index contributed by atoms with van der Waals surface area (Å²) < 4.78 is 1.32. The largest absolute Gasteiger partial charge is 0.306 e. The Bertz CT molecular complexity index is 581. The van der Waals surface area contributed by atoms with Gasteiger partial charge in [0.1, 0.15) is 0 Å². The third-order valence-corrected chi connectivity index (χ3v) is 4.63. The lowest BCUT2D eigenvalue weighted by Crippen LogP contribution is -2.24. The summed E-state index contributed by atoms with van der Waals surface area (Å²) in [6.07, 6.45) is 0. The summed E-state index contributed by atoms with van der Waals surface area (Å²) in [5.74, 6) is 0. The Balaban J connectivity index is 2.58. The van der Waals surface area contributed by atoms with Crippen LogP contribution in [0, 0.1) is 24.3 Å². The zero-order chi connectivity index (χ0) is 14.7. The van der Waals surface area contributed by atoms with Crippen LogP contribution in [0.25, 0.3) is 0 Å². The van der Waals surface area contributed by atoms with Gasteiger partial charge in [-0.1, -0.05) is 42.8 Å². The highest BCUT2D eigenvalue weighted by atomic mass is 127. The van der Waals surface area contributed by atoms with Gasteiger partial charge in [-0.3, -0.25) is 0 Å². The molecule has 0 aliphatic heterocycles. The summed E-state index contributed by atoms with van der Waals surface area (Å²) >= 11 is 2.43. The molecule has 2 aromatic carbocycles. The van der Waals surface area contributed by atoms with Crippen LogP contribution >= 0.6 is 22.6 Å². The zero-order valence-electron chi connectivity index (χ0n) is 12.6. The number of rotatable bonds is 4. The van der Waals surface area contributed by atoms with Gasteiger partial charge in [0.2, 0.25) is 0 Å². The quantitative estimate of drug-likeness (QED) is 0.744. The van der Waals surface area contributed by atoms with Crippen molar-refractivity contribution in [2.45, 2.75) is 33.7 Å². The summed E-state index contributed by atoms with van der Waals surface area (Å²) in [6.45, 7) is 9.73. The van der Waals surface area contributed by atoms with Gasteiger partial charge in [0, 0.05) is 3.57 Å². The van der Waals surface area contributed by atoms with E-state index in [9.17, 15) is 0 Å². The van der Waals surface area contributed by atoms with Crippen molar-refractivity contribution in [1.29, 1.82) is 0 Å². The van der Waals surface area contributed by atoms with Crippen molar-refractivity contribution in [3.63, 3.8) is 0 Å². The molecule has 0 saturated carbocycles. The minimum Gasteiger partial charge on any atom is -0.306 e. The molecule has 106 valence electrons. The second kappa shape index (κ2) is 6.72. The molecule has 20 heavy (non-hydrogen) atoms. The third kappa shape index (κ3) is 3.23. The molecule has 1 unspecified atom stereocenters. The zero-order valence-corrected chi connectivity index (χ0v) is 14.8. The fraction of sp³-hybridized carbons (Fsp3) is 0.333. The van der Waals surface area contributed by atoms with Crippen LogP contribution < -0.4 is 5.32 Å². The molecular formula is C18H22IN. The summed E-state index contributed by atoms with van der Waals surface area (Å²) in [6, 6.07) is 13.5. The molecular weight excluding hydrogens is 357 g/mol. The second-order valence-electron chi connectivity index (χ2n) is 5.32. The average Bonchev–Trinajstić information content (AvgIpc) is 2.37. The summed E-state index contributed by atoms with van der Waals surface area (Å²) in [5.41, 5.74) is 6.86. The number of aryl methyl sites for hydroxylation is 3. The number of benzene rings is 2. The van der Waals surface area contributed by atoms with Crippen LogP contribution in [0.4, 0.5) is 0 Å². The van der Waals surface area contributed by atoms with E-state index in [-0.39, 0.29) is 6.04 Å². The van der Waals surface area contributed by atoms with Crippen LogP contribution in [-0.2, 0) is 0 Å². The predicted molar refractivity (Wildman–Crippen MR) is 95.3 cm³/mol. The molecule has 1 N–H and O–H groups in total.